The minimum Gasteiger partial charge on any atom is -0.493 e. The molecule has 2 N–H and O–H groups in total. The molecule has 0 saturated carbocycles. The number of hydrogen-bond donors (Lipinski definition) is 2. The van der Waals surface area contributed by atoms with E-state index in [2.05, 4.69) is 41.5 Å². The fourth-order valence-corrected chi connectivity index (χ4v) is 2.46. The second kappa shape index (κ2) is 5.67. The van der Waals surface area contributed by atoms with Gasteiger partial charge in [0.2, 0.25) is 0 Å². The fraction of sp³-hybridized carbons (Fsp3) is 0.438. The molecule has 2 heterocycles. The number of nitrogens with zero attached hydrogens (tertiary/aromatic N) is 1. The molecule has 20 heavy (non-hydrogen) atoms. The summed E-state index contributed by atoms with van der Waals surface area (Å²) in [4.78, 5) is 0. The lowest BCUT2D eigenvalue weighted by atomic mass is 10.0. The van der Waals surface area contributed by atoms with Crippen LogP contribution in [0.4, 0.5) is 0 Å². The largest absolute Gasteiger partial charge is 0.493 e. The van der Waals surface area contributed by atoms with Crippen LogP contribution >= 0.6 is 0 Å². The molecule has 0 spiro atoms. The van der Waals surface area contributed by atoms with E-state index in [1.165, 1.54) is 11.3 Å². The molecule has 1 aliphatic rings. The monoisotopic (exact) mass is 271 g/mol. The van der Waals surface area contributed by atoms with E-state index in [4.69, 9.17) is 4.74 Å². The summed E-state index contributed by atoms with van der Waals surface area (Å²) in [5.74, 6) is 1.44. The van der Waals surface area contributed by atoms with Crippen molar-refractivity contribution in [1.29, 1.82) is 0 Å². The third-order valence-electron chi connectivity index (χ3n) is 3.50. The lowest BCUT2D eigenvalue weighted by Crippen LogP contribution is -2.23. The normalized spacial score (nSPS) is 14.3. The summed E-state index contributed by atoms with van der Waals surface area (Å²) in [6.07, 6.45) is 1.02. The first-order valence-electron chi connectivity index (χ1n) is 7.24. The third kappa shape index (κ3) is 2.70. The summed E-state index contributed by atoms with van der Waals surface area (Å²) in [7, 11) is 0. The molecular weight excluding hydrogens is 250 g/mol. The van der Waals surface area contributed by atoms with Crippen LogP contribution in [0.5, 0.6) is 5.75 Å². The predicted molar refractivity (Wildman–Crippen MR) is 79.8 cm³/mol. The molecule has 4 heteroatoms. The Labute approximate surface area is 119 Å². The quantitative estimate of drug-likeness (QED) is 0.899. The fourth-order valence-electron chi connectivity index (χ4n) is 2.46. The second-order valence-electron chi connectivity index (χ2n) is 5.69. The smallest absolute Gasteiger partial charge is 0.119 e. The maximum atomic E-state index is 5.80. The van der Waals surface area contributed by atoms with Gasteiger partial charge in [0.1, 0.15) is 5.75 Å². The van der Waals surface area contributed by atoms with E-state index in [0.29, 0.717) is 5.92 Å². The Kier molecular flexibility index (Phi) is 3.74. The highest BCUT2D eigenvalue weighted by Crippen LogP contribution is 2.28. The molecule has 4 nitrogen and oxygen atoms in total. The first-order chi connectivity index (χ1) is 9.74. The van der Waals surface area contributed by atoms with Gasteiger partial charge in [0, 0.05) is 36.3 Å². The molecule has 0 atom stereocenters. The zero-order valence-electron chi connectivity index (χ0n) is 12.1. The maximum Gasteiger partial charge on any atom is 0.119 e. The SMILES string of the molecule is CC(C)COc1cccc(-c2n[nH]c3c2CNCC3)c1. The van der Waals surface area contributed by atoms with Gasteiger partial charge in [-0.2, -0.15) is 5.10 Å². The average molecular weight is 271 g/mol. The molecule has 1 aliphatic heterocycles. The van der Waals surface area contributed by atoms with Crippen LogP contribution in [0.1, 0.15) is 25.1 Å². The van der Waals surface area contributed by atoms with Gasteiger partial charge >= 0.3 is 0 Å². The number of ether oxygens (including phenoxy) is 1. The van der Waals surface area contributed by atoms with Gasteiger partial charge in [0.05, 0.1) is 12.3 Å². The number of aromatic nitrogens is 2. The van der Waals surface area contributed by atoms with E-state index in [9.17, 15) is 0 Å². The molecule has 106 valence electrons. The number of nitrogens with one attached hydrogen (secondary N) is 2. The number of benzene rings is 1. The van der Waals surface area contributed by atoms with E-state index in [-0.39, 0.29) is 0 Å². The van der Waals surface area contributed by atoms with Gasteiger partial charge in [-0.05, 0) is 18.1 Å². The molecule has 2 aromatic rings. The van der Waals surface area contributed by atoms with Gasteiger partial charge in [-0.25, -0.2) is 0 Å². The molecule has 0 amide bonds. The molecule has 0 unspecified atom stereocenters. The van der Waals surface area contributed by atoms with Gasteiger partial charge in [0.25, 0.3) is 0 Å². The lowest BCUT2D eigenvalue weighted by Gasteiger charge is -2.13. The van der Waals surface area contributed by atoms with Crippen molar-refractivity contribution >= 4 is 0 Å². The highest BCUT2D eigenvalue weighted by Gasteiger charge is 2.17. The predicted octanol–water partition coefficient (Wildman–Crippen LogP) is 2.76. The zero-order chi connectivity index (χ0) is 13.9. The number of aromatic amines is 1. The standard InChI is InChI=1S/C16H21N3O/c1-11(2)10-20-13-5-3-4-12(8-13)16-14-9-17-7-6-15(14)18-19-16/h3-5,8,11,17H,6-7,9-10H2,1-2H3,(H,18,19). The Morgan fingerprint density at radius 2 is 2.25 bits per heavy atom. The van der Waals surface area contributed by atoms with E-state index >= 15 is 0 Å². The highest BCUT2D eigenvalue weighted by molar-refractivity contribution is 5.65. The van der Waals surface area contributed by atoms with Gasteiger partial charge in [0.15, 0.2) is 0 Å². The number of H-pyrrole nitrogens is 1. The number of fused-ring (bicyclic) bond motifs is 1. The first-order valence-corrected chi connectivity index (χ1v) is 7.24. The van der Waals surface area contributed by atoms with E-state index in [1.807, 2.05) is 12.1 Å². The number of hydrogen-bond acceptors (Lipinski definition) is 3. The molecule has 1 aromatic carbocycles. The van der Waals surface area contributed by atoms with Crippen molar-refractivity contribution in [3.8, 4) is 17.0 Å². The minimum absolute atomic E-state index is 0.529. The molecule has 3 rings (SSSR count). The van der Waals surface area contributed by atoms with Crippen LogP contribution < -0.4 is 10.1 Å². The summed E-state index contributed by atoms with van der Waals surface area (Å²) >= 11 is 0. The van der Waals surface area contributed by atoms with Crippen LogP contribution in [0.3, 0.4) is 0 Å². The van der Waals surface area contributed by atoms with E-state index in [1.54, 1.807) is 0 Å². The van der Waals surface area contributed by atoms with Crippen LogP contribution in [-0.4, -0.2) is 23.3 Å². The molecular formula is C16H21N3O. The van der Waals surface area contributed by atoms with Crippen LogP contribution in [0.2, 0.25) is 0 Å². The summed E-state index contributed by atoms with van der Waals surface area (Å²) in [5, 5.41) is 11.0. The first kappa shape index (κ1) is 13.2. The van der Waals surface area contributed by atoms with E-state index < -0.39 is 0 Å². The van der Waals surface area contributed by atoms with E-state index in [0.717, 1.165) is 43.1 Å². The van der Waals surface area contributed by atoms with Crippen LogP contribution in [-0.2, 0) is 13.0 Å². The minimum atomic E-state index is 0.529. The lowest BCUT2D eigenvalue weighted by molar-refractivity contribution is 0.271. The Morgan fingerprint density at radius 1 is 1.35 bits per heavy atom. The Morgan fingerprint density at radius 3 is 3.10 bits per heavy atom. The van der Waals surface area contributed by atoms with Gasteiger partial charge in [-0.15, -0.1) is 0 Å². The van der Waals surface area contributed by atoms with Crippen LogP contribution in [0.25, 0.3) is 11.3 Å². The molecule has 0 fully saturated rings. The topological polar surface area (TPSA) is 49.9 Å². The summed E-state index contributed by atoms with van der Waals surface area (Å²) in [5.41, 5.74) is 4.71. The Hall–Kier alpha value is -1.81. The third-order valence-corrected chi connectivity index (χ3v) is 3.50. The van der Waals surface area contributed by atoms with Crippen molar-refractivity contribution in [3.05, 3.63) is 35.5 Å². The summed E-state index contributed by atoms with van der Waals surface area (Å²) in [6.45, 7) is 6.95. The Balaban J connectivity index is 1.86. The number of rotatable bonds is 4. The van der Waals surface area contributed by atoms with Crippen LogP contribution in [0.15, 0.2) is 24.3 Å². The maximum absolute atomic E-state index is 5.80. The van der Waals surface area contributed by atoms with Crippen LogP contribution in [0, 0.1) is 5.92 Å². The molecule has 0 saturated heterocycles. The van der Waals surface area contributed by atoms with Gasteiger partial charge in [-0.3, -0.25) is 5.10 Å². The zero-order valence-corrected chi connectivity index (χ0v) is 12.1. The van der Waals surface area contributed by atoms with Crippen molar-refractivity contribution in [2.75, 3.05) is 13.2 Å². The average Bonchev–Trinajstić information content (AvgIpc) is 2.89. The van der Waals surface area contributed by atoms with Gasteiger partial charge in [-0.1, -0.05) is 26.0 Å². The molecule has 0 aliphatic carbocycles. The van der Waals surface area contributed by atoms with Crippen molar-refractivity contribution in [2.24, 2.45) is 5.92 Å². The van der Waals surface area contributed by atoms with Gasteiger partial charge < -0.3 is 10.1 Å². The van der Waals surface area contributed by atoms with Crippen molar-refractivity contribution in [3.63, 3.8) is 0 Å². The summed E-state index contributed by atoms with van der Waals surface area (Å²) in [6, 6.07) is 8.20. The molecule has 0 bridgehead atoms. The summed E-state index contributed by atoms with van der Waals surface area (Å²) < 4.78 is 5.80. The molecule has 1 aromatic heterocycles. The van der Waals surface area contributed by atoms with Crippen molar-refractivity contribution < 1.29 is 4.74 Å². The van der Waals surface area contributed by atoms with Crippen molar-refractivity contribution in [2.45, 2.75) is 26.8 Å². The highest BCUT2D eigenvalue weighted by atomic mass is 16.5. The molecule has 0 radical (unpaired) electrons. The Bertz CT molecular complexity index is 589. The van der Waals surface area contributed by atoms with Crippen molar-refractivity contribution in [1.82, 2.24) is 15.5 Å². The second-order valence-corrected chi connectivity index (χ2v) is 5.69.